The van der Waals surface area contributed by atoms with Crippen molar-refractivity contribution in [1.29, 1.82) is 0 Å². The second kappa shape index (κ2) is 6.10. The molecular formula is C14H17NO3S. The summed E-state index contributed by atoms with van der Waals surface area (Å²) in [5.74, 6) is 0.940. The molecule has 1 unspecified atom stereocenters. The van der Waals surface area contributed by atoms with E-state index in [1.807, 2.05) is 23.6 Å². The molecule has 1 N–H and O–H groups in total. The molecule has 19 heavy (non-hydrogen) atoms. The zero-order chi connectivity index (χ0) is 13.8. The maximum Gasteiger partial charge on any atom is 0.335 e. The highest BCUT2D eigenvalue weighted by molar-refractivity contribution is 7.99. The van der Waals surface area contributed by atoms with E-state index in [0.717, 1.165) is 18.1 Å². The Kier molecular flexibility index (Phi) is 4.47. The standard InChI is InChI=1S/C14H17NO3S/c1-10-9-19-7-6-15(10)13(16)8-11-4-2-3-5-12(11)14(17)18/h2-5,10H,6-9H2,1H3,(H,17,18). The van der Waals surface area contributed by atoms with Crippen LogP contribution in [0.15, 0.2) is 24.3 Å². The van der Waals surface area contributed by atoms with Gasteiger partial charge >= 0.3 is 5.97 Å². The average Bonchev–Trinajstić information content (AvgIpc) is 2.39. The van der Waals surface area contributed by atoms with Gasteiger partial charge in [0.05, 0.1) is 12.0 Å². The van der Waals surface area contributed by atoms with E-state index < -0.39 is 5.97 Å². The lowest BCUT2D eigenvalue weighted by molar-refractivity contribution is -0.131. The molecule has 1 aliphatic heterocycles. The summed E-state index contributed by atoms with van der Waals surface area (Å²) in [5.41, 5.74) is 0.806. The third-order valence-electron chi connectivity index (χ3n) is 3.28. The number of nitrogens with zero attached hydrogens (tertiary/aromatic N) is 1. The molecule has 1 aromatic rings. The van der Waals surface area contributed by atoms with Crippen LogP contribution in [0.2, 0.25) is 0 Å². The van der Waals surface area contributed by atoms with Crippen LogP contribution in [0.3, 0.4) is 0 Å². The second-order valence-electron chi connectivity index (χ2n) is 4.65. The molecular weight excluding hydrogens is 262 g/mol. The van der Waals surface area contributed by atoms with Crippen LogP contribution in [0.1, 0.15) is 22.8 Å². The molecule has 4 nitrogen and oxygen atoms in total. The highest BCUT2D eigenvalue weighted by Crippen LogP contribution is 2.18. The maximum absolute atomic E-state index is 12.3. The molecule has 0 radical (unpaired) electrons. The molecule has 1 amide bonds. The normalized spacial score (nSPS) is 19.2. The van der Waals surface area contributed by atoms with Gasteiger partial charge in [-0.1, -0.05) is 18.2 Å². The lowest BCUT2D eigenvalue weighted by Crippen LogP contribution is -2.45. The molecule has 0 spiro atoms. The number of carboxylic acids is 1. The first-order chi connectivity index (χ1) is 9.09. The monoisotopic (exact) mass is 279 g/mol. The molecule has 1 saturated heterocycles. The fourth-order valence-corrected chi connectivity index (χ4v) is 3.26. The first kappa shape index (κ1) is 13.9. The third kappa shape index (κ3) is 3.29. The Hall–Kier alpha value is -1.49. The molecule has 0 aromatic heterocycles. The highest BCUT2D eigenvalue weighted by atomic mass is 32.2. The molecule has 1 fully saturated rings. The quantitative estimate of drug-likeness (QED) is 0.918. The third-order valence-corrected chi connectivity index (χ3v) is 4.47. The van der Waals surface area contributed by atoms with Crippen molar-refractivity contribution in [2.75, 3.05) is 18.1 Å². The summed E-state index contributed by atoms with van der Waals surface area (Å²) in [6.07, 6.45) is 0.164. The van der Waals surface area contributed by atoms with Gasteiger partial charge in [0.25, 0.3) is 0 Å². The molecule has 1 atom stereocenters. The summed E-state index contributed by atoms with van der Waals surface area (Å²) in [4.78, 5) is 25.2. The van der Waals surface area contributed by atoms with Gasteiger partial charge in [-0.25, -0.2) is 4.79 Å². The van der Waals surface area contributed by atoms with Crippen LogP contribution < -0.4 is 0 Å². The van der Waals surface area contributed by atoms with Gasteiger partial charge in [-0.3, -0.25) is 4.79 Å². The van der Waals surface area contributed by atoms with Gasteiger partial charge in [0.1, 0.15) is 0 Å². The van der Waals surface area contributed by atoms with Crippen LogP contribution in [0.25, 0.3) is 0 Å². The van der Waals surface area contributed by atoms with Gasteiger partial charge < -0.3 is 10.0 Å². The zero-order valence-corrected chi connectivity index (χ0v) is 11.7. The Morgan fingerprint density at radius 3 is 2.84 bits per heavy atom. The molecule has 1 aliphatic rings. The summed E-state index contributed by atoms with van der Waals surface area (Å²) in [6.45, 7) is 2.78. The molecule has 0 saturated carbocycles. The van der Waals surface area contributed by atoms with Crippen molar-refractivity contribution in [3.05, 3.63) is 35.4 Å². The van der Waals surface area contributed by atoms with E-state index in [0.29, 0.717) is 5.56 Å². The molecule has 5 heteroatoms. The van der Waals surface area contributed by atoms with Gasteiger partial charge in [-0.2, -0.15) is 11.8 Å². The number of rotatable bonds is 3. The average molecular weight is 279 g/mol. The van der Waals surface area contributed by atoms with Gasteiger partial charge in [-0.15, -0.1) is 0 Å². The zero-order valence-electron chi connectivity index (χ0n) is 10.8. The molecule has 1 aromatic carbocycles. The van der Waals surface area contributed by atoms with E-state index in [2.05, 4.69) is 0 Å². The summed E-state index contributed by atoms with van der Waals surface area (Å²) in [5, 5.41) is 9.11. The predicted octanol–water partition coefficient (Wildman–Crippen LogP) is 1.89. The molecule has 1 heterocycles. The first-order valence-corrected chi connectivity index (χ1v) is 7.43. The number of carbonyl (C=O) groups excluding carboxylic acids is 1. The maximum atomic E-state index is 12.3. The minimum absolute atomic E-state index is 0.0153. The van der Waals surface area contributed by atoms with Crippen LogP contribution in [0.4, 0.5) is 0 Å². The predicted molar refractivity (Wildman–Crippen MR) is 75.6 cm³/mol. The largest absolute Gasteiger partial charge is 0.478 e. The van der Waals surface area contributed by atoms with Crippen molar-refractivity contribution in [2.24, 2.45) is 0 Å². The number of aromatic carboxylic acids is 1. The number of carboxylic acid groups (broad SMARTS) is 1. The lowest BCUT2D eigenvalue weighted by Gasteiger charge is -2.33. The Bertz CT molecular complexity index is 489. The number of hydrogen-bond donors (Lipinski definition) is 1. The molecule has 102 valence electrons. The van der Waals surface area contributed by atoms with Crippen LogP contribution in [0, 0.1) is 0 Å². The fraction of sp³-hybridized carbons (Fsp3) is 0.429. The van der Waals surface area contributed by atoms with Crippen molar-refractivity contribution >= 4 is 23.6 Å². The Labute approximate surface area is 116 Å². The van der Waals surface area contributed by atoms with Crippen molar-refractivity contribution in [1.82, 2.24) is 4.90 Å². The number of thioether (sulfide) groups is 1. The van der Waals surface area contributed by atoms with Gasteiger partial charge in [0.15, 0.2) is 0 Å². The van der Waals surface area contributed by atoms with Crippen molar-refractivity contribution in [2.45, 2.75) is 19.4 Å². The lowest BCUT2D eigenvalue weighted by atomic mass is 10.0. The minimum atomic E-state index is -0.981. The van der Waals surface area contributed by atoms with E-state index in [1.165, 1.54) is 0 Å². The van der Waals surface area contributed by atoms with Gasteiger partial charge in [-0.05, 0) is 18.6 Å². The first-order valence-electron chi connectivity index (χ1n) is 6.28. The summed E-state index contributed by atoms with van der Waals surface area (Å²) < 4.78 is 0. The summed E-state index contributed by atoms with van der Waals surface area (Å²) in [6, 6.07) is 6.93. The van der Waals surface area contributed by atoms with Crippen LogP contribution in [-0.2, 0) is 11.2 Å². The van der Waals surface area contributed by atoms with Crippen LogP contribution >= 0.6 is 11.8 Å². The van der Waals surface area contributed by atoms with E-state index in [-0.39, 0.29) is 23.9 Å². The fourth-order valence-electron chi connectivity index (χ4n) is 2.25. The Balaban J connectivity index is 2.12. The number of hydrogen-bond acceptors (Lipinski definition) is 3. The van der Waals surface area contributed by atoms with Crippen LogP contribution in [0.5, 0.6) is 0 Å². The van der Waals surface area contributed by atoms with E-state index >= 15 is 0 Å². The summed E-state index contributed by atoms with van der Waals surface area (Å²) in [7, 11) is 0. The van der Waals surface area contributed by atoms with E-state index in [1.54, 1.807) is 24.3 Å². The molecule has 0 aliphatic carbocycles. The number of amides is 1. The summed E-state index contributed by atoms with van der Waals surface area (Å²) >= 11 is 1.85. The number of carbonyl (C=O) groups is 2. The topological polar surface area (TPSA) is 57.6 Å². The van der Waals surface area contributed by atoms with Crippen LogP contribution in [-0.4, -0.2) is 46.0 Å². The van der Waals surface area contributed by atoms with Gasteiger partial charge in [0.2, 0.25) is 5.91 Å². The van der Waals surface area contributed by atoms with Gasteiger partial charge in [0, 0.05) is 24.1 Å². The smallest absolute Gasteiger partial charge is 0.335 e. The van der Waals surface area contributed by atoms with Crippen molar-refractivity contribution in [3.8, 4) is 0 Å². The SMILES string of the molecule is CC1CSCCN1C(=O)Cc1ccccc1C(=O)O. The Morgan fingerprint density at radius 2 is 2.16 bits per heavy atom. The highest BCUT2D eigenvalue weighted by Gasteiger charge is 2.24. The van der Waals surface area contributed by atoms with Crippen molar-refractivity contribution in [3.63, 3.8) is 0 Å². The minimum Gasteiger partial charge on any atom is -0.478 e. The number of benzene rings is 1. The van der Waals surface area contributed by atoms with E-state index in [9.17, 15) is 9.59 Å². The van der Waals surface area contributed by atoms with Crippen molar-refractivity contribution < 1.29 is 14.7 Å². The van der Waals surface area contributed by atoms with E-state index in [4.69, 9.17) is 5.11 Å². The second-order valence-corrected chi connectivity index (χ2v) is 5.80. The molecule has 2 rings (SSSR count). The molecule has 0 bridgehead atoms. The Morgan fingerprint density at radius 1 is 1.42 bits per heavy atom.